The summed E-state index contributed by atoms with van der Waals surface area (Å²) in [4.78, 5) is 17.7. The molecule has 3 aromatic rings. The number of benzene rings is 3. The third-order valence-electron chi connectivity index (χ3n) is 8.41. The van der Waals surface area contributed by atoms with Gasteiger partial charge >= 0.3 is 0 Å². The molecule has 0 bridgehead atoms. The van der Waals surface area contributed by atoms with E-state index in [-0.39, 0.29) is 30.6 Å². The Morgan fingerprint density at radius 2 is 1.49 bits per heavy atom. The van der Waals surface area contributed by atoms with Crippen LogP contribution in [0.2, 0.25) is 5.02 Å². The van der Waals surface area contributed by atoms with Crippen molar-refractivity contribution in [2.45, 2.75) is 58.0 Å². The zero-order chi connectivity index (χ0) is 27.2. The predicted octanol–water partition coefficient (Wildman–Crippen LogP) is 8.33. The molecule has 3 aromatic carbocycles. The van der Waals surface area contributed by atoms with Crippen molar-refractivity contribution in [1.29, 1.82) is 0 Å². The summed E-state index contributed by atoms with van der Waals surface area (Å²) in [6, 6.07) is 18.0. The van der Waals surface area contributed by atoms with Gasteiger partial charge in [-0.25, -0.2) is 8.78 Å². The summed E-state index contributed by atoms with van der Waals surface area (Å²) in [5, 5.41) is 0.841. The lowest BCUT2D eigenvalue weighted by Gasteiger charge is -2.32. The summed E-state index contributed by atoms with van der Waals surface area (Å²) in [7, 11) is 0. The number of carbonyl (C=O) groups is 1. The first kappa shape index (κ1) is 33.5. The molecule has 0 radical (unpaired) electrons. The van der Waals surface area contributed by atoms with Crippen LogP contribution in [0.4, 0.5) is 8.78 Å². The Morgan fingerprint density at radius 1 is 0.805 bits per heavy atom. The Balaban J connectivity index is 0.00000231. The Morgan fingerprint density at radius 3 is 2.22 bits per heavy atom. The van der Waals surface area contributed by atoms with Crippen molar-refractivity contribution in [3.63, 3.8) is 0 Å². The maximum absolute atomic E-state index is 14.1. The van der Waals surface area contributed by atoms with E-state index in [4.69, 9.17) is 11.6 Å². The summed E-state index contributed by atoms with van der Waals surface area (Å²) in [6.07, 6.45) is 6.67. The molecule has 2 aliphatic heterocycles. The van der Waals surface area contributed by atoms with Crippen LogP contribution in [-0.4, -0.2) is 41.8 Å². The van der Waals surface area contributed by atoms with Gasteiger partial charge in [-0.1, -0.05) is 48.0 Å². The normalized spacial score (nSPS) is 16.3. The molecule has 2 aliphatic rings. The highest BCUT2D eigenvalue weighted by Crippen LogP contribution is 2.26. The molecule has 0 atom stereocenters. The molecule has 222 valence electrons. The second-order valence-corrected chi connectivity index (χ2v) is 11.5. The smallest absolute Gasteiger partial charge is 0.162 e. The van der Waals surface area contributed by atoms with Crippen LogP contribution >= 0.6 is 36.4 Å². The molecule has 5 rings (SSSR count). The van der Waals surface area contributed by atoms with Gasteiger partial charge in [-0.2, -0.15) is 0 Å². The van der Waals surface area contributed by atoms with Crippen LogP contribution in [0.25, 0.3) is 0 Å². The number of likely N-dealkylation sites (tertiary alicyclic amines) is 1. The van der Waals surface area contributed by atoms with Crippen LogP contribution in [0.3, 0.4) is 0 Å². The molecule has 0 N–H and O–H groups in total. The minimum absolute atomic E-state index is 0. The number of piperidine rings is 1. The lowest BCUT2D eigenvalue weighted by molar-refractivity contribution is 0.0974. The molecule has 41 heavy (non-hydrogen) atoms. The minimum atomic E-state index is -0.549. The Labute approximate surface area is 260 Å². The fourth-order valence-corrected chi connectivity index (χ4v) is 6.19. The van der Waals surface area contributed by atoms with E-state index in [1.807, 2.05) is 24.3 Å². The second-order valence-electron chi connectivity index (χ2n) is 11.1. The molecule has 8 heteroatoms. The molecule has 1 fully saturated rings. The van der Waals surface area contributed by atoms with Crippen LogP contribution < -0.4 is 0 Å². The number of fused-ring (bicyclic) bond motifs is 1. The number of carbonyl (C=O) groups excluding carboxylic acids is 1. The first-order valence-corrected chi connectivity index (χ1v) is 14.6. The Hall–Kier alpha value is -2.02. The SMILES string of the molecule is Cl.Cl.O=C(CCCC1CCN(Cc2ccccc2Cl)CC1)c1ccc2c(c1)CCN(Cc1ccc(F)cc1F)CC2. The first-order valence-electron chi connectivity index (χ1n) is 14.2. The average Bonchev–Trinajstić information content (AvgIpc) is 3.14. The van der Waals surface area contributed by atoms with Crippen LogP contribution in [0.15, 0.2) is 60.7 Å². The van der Waals surface area contributed by atoms with Crippen molar-refractivity contribution < 1.29 is 13.6 Å². The van der Waals surface area contributed by atoms with Crippen LogP contribution in [0.1, 0.15) is 64.7 Å². The summed E-state index contributed by atoms with van der Waals surface area (Å²) < 4.78 is 27.4. The molecule has 3 nitrogen and oxygen atoms in total. The Bertz CT molecular complexity index is 1300. The van der Waals surface area contributed by atoms with Crippen molar-refractivity contribution in [2.24, 2.45) is 5.92 Å². The summed E-state index contributed by atoms with van der Waals surface area (Å²) in [5.41, 5.74) is 5.00. The molecule has 0 unspecified atom stereocenters. The topological polar surface area (TPSA) is 23.6 Å². The summed E-state index contributed by atoms with van der Waals surface area (Å²) in [6.45, 7) is 5.14. The van der Waals surface area contributed by atoms with E-state index >= 15 is 0 Å². The number of ketones is 1. The number of hydrogen-bond donors (Lipinski definition) is 0. The van der Waals surface area contributed by atoms with E-state index in [0.29, 0.717) is 24.4 Å². The van der Waals surface area contributed by atoms with E-state index in [0.717, 1.165) is 75.1 Å². The van der Waals surface area contributed by atoms with Crippen molar-refractivity contribution in [3.05, 3.63) is 105 Å². The molecule has 0 saturated carbocycles. The standard InChI is InChI=1S/C33H37ClF2N2O.2ClH/c34-31-6-2-1-5-28(31)22-37-16-12-24(13-17-37)4-3-7-33(39)27-9-8-25-14-18-38(19-15-26(25)20-27)23-29-10-11-30(35)21-32(29)36;;/h1-2,5-6,8-11,20-21,24H,3-4,7,12-19,22-23H2;2*1H. The molecule has 2 heterocycles. The molecule has 0 aromatic heterocycles. The quantitative estimate of drug-likeness (QED) is 0.224. The lowest BCUT2D eigenvalue weighted by atomic mass is 9.90. The van der Waals surface area contributed by atoms with Crippen molar-refractivity contribution in [1.82, 2.24) is 9.80 Å². The number of rotatable bonds is 9. The fraction of sp³-hybridized carbons (Fsp3) is 0.424. The maximum Gasteiger partial charge on any atom is 0.162 e. The van der Waals surface area contributed by atoms with Gasteiger partial charge in [0.1, 0.15) is 11.6 Å². The molecular weight excluding hydrogens is 585 g/mol. The highest BCUT2D eigenvalue weighted by atomic mass is 35.5. The number of nitrogens with zero attached hydrogens (tertiary/aromatic N) is 2. The maximum atomic E-state index is 14.1. The van der Waals surface area contributed by atoms with Crippen LogP contribution in [-0.2, 0) is 25.9 Å². The van der Waals surface area contributed by atoms with E-state index in [1.165, 1.54) is 41.7 Å². The summed E-state index contributed by atoms with van der Waals surface area (Å²) in [5.74, 6) is -0.133. The zero-order valence-corrected chi connectivity index (χ0v) is 25.7. The molecule has 0 aliphatic carbocycles. The predicted molar refractivity (Wildman–Crippen MR) is 168 cm³/mol. The van der Waals surface area contributed by atoms with Gasteiger partial charge in [0.2, 0.25) is 0 Å². The largest absolute Gasteiger partial charge is 0.299 e. The second kappa shape index (κ2) is 16.0. The summed E-state index contributed by atoms with van der Waals surface area (Å²) >= 11 is 6.33. The highest BCUT2D eigenvalue weighted by Gasteiger charge is 2.21. The molecule has 0 spiro atoms. The van der Waals surface area contributed by atoms with Gasteiger partial charge in [0.25, 0.3) is 0 Å². The number of halogens is 5. The molecular formula is C33H39Cl3F2N2O. The van der Waals surface area contributed by atoms with Crippen LogP contribution in [0.5, 0.6) is 0 Å². The Kier molecular flexibility index (Phi) is 13.1. The van der Waals surface area contributed by atoms with Crippen molar-refractivity contribution in [3.8, 4) is 0 Å². The van der Waals surface area contributed by atoms with Gasteiger partial charge in [0, 0.05) is 54.8 Å². The van der Waals surface area contributed by atoms with Gasteiger partial charge in [-0.15, -0.1) is 24.8 Å². The van der Waals surface area contributed by atoms with Gasteiger partial charge in [-0.05, 0) is 92.4 Å². The molecule has 0 amide bonds. The van der Waals surface area contributed by atoms with Gasteiger partial charge in [0.05, 0.1) is 0 Å². The fourth-order valence-electron chi connectivity index (χ4n) is 5.99. The lowest BCUT2D eigenvalue weighted by Crippen LogP contribution is -2.33. The van der Waals surface area contributed by atoms with Crippen LogP contribution in [0, 0.1) is 17.6 Å². The van der Waals surface area contributed by atoms with E-state index < -0.39 is 11.6 Å². The van der Waals surface area contributed by atoms with E-state index in [2.05, 4.69) is 28.0 Å². The number of hydrogen-bond acceptors (Lipinski definition) is 3. The zero-order valence-electron chi connectivity index (χ0n) is 23.3. The average molecular weight is 624 g/mol. The first-order chi connectivity index (χ1) is 18.9. The third kappa shape index (κ3) is 9.23. The van der Waals surface area contributed by atoms with E-state index in [9.17, 15) is 13.6 Å². The van der Waals surface area contributed by atoms with Gasteiger partial charge in [0.15, 0.2) is 5.78 Å². The molecule has 1 saturated heterocycles. The van der Waals surface area contributed by atoms with Crippen molar-refractivity contribution >= 4 is 42.2 Å². The van der Waals surface area contributed by atoms with E-state index in [1.54, 1.807) is 0 Å². The number of Topliss-reactive ketones (excluding diaryl/α,β-unsaturated/α-hetero) is 1. The van der Waals surface area contributed by atoms with Gasteiger partial charge in [-0.3, -0.25) is 14.6 Å². The monoisotopic (exact) mass is 622 g/mol. The minimum Gasteiger partial charge on any atom is -0.299 e. The van der Waals surface area contributed by atoms with Gasteiger partial charge < -0.3 is 0 Å². The highest BCUT2D eigenvalue weighted by molar-refractivity contribution is 6.31. The third-order valence-corrected chi connectivity index (χ3v) is 8.78. The van der Waals surface area contributed by atoms with Crippen molar-refractivity contribution in [2.75, 3.05) is 26.2 Å².